The summed E-state index contributed by atoms with van der Waals surface area (Å²) >= 11 is 0. The number of nitrogens with zero attached hydrogens (tertiary/aromatic N) is 6. The summed E-state index contributed by atoms with van der Waals surface area (Å²) in [6.07, 6.45) is 0. The molecule has 3 aromatic heterocycles. The van der Waals surface area contributed by atoms with Crippen molar-refractivity contribution >= 4 is 0 Å². The van der Waals surface area contributed by atoms with Gasteiger partial charge in [0.1, 0.15) is 0 Å². The summed E-state index contributed by atoms with van der Waals surface area (Å²) in [6.45, 7) is 18.3. The van der Waals surface area contributed by atoms with E-state index in [0.717, 1.165) is 73.4 Å². The zero-order chi connectivity index (χ0) is 25.7. The minimum absolute atomic E-state index is 0.391. The molecule has 0 unspecified atom stereocenters. The van der Waals surface area contributed by atoms with Gasteiger partial charge in [-0.1, -0.05) is 18.2 Å². The van der Waals surface area contributed by atoms with Crippen LogP contribution in [0.1, 0.15) is 75.7 Å². The van der Waals surface area contributed by atoms with Crippen LogP contribution in [0.25, 0.3) is 0 Å². The van der Waals surface area contributed by atoms with Crippen LogP contribution in [-0.4, -0.2) is 47.8 Å². The molecule has 0 atom stereocenters. The van der Waals surface area contributed by atoms with Crippen LogP contribution in [0.2, 0.25) is 0 Å². The molecule has 1 aliphatic heterocycles. The normalized spacial score (nSPS) is 16.9. The summed E-state index contributed by atoms with van der Waals surface area (Å²) in [5.41, 5.74) is 6.63. The first-order valence-corrected chi connectivity index (χ1v) is 13.3. The Hall–Kier alpha value is -2.67. The second-order valence-electron chi connectivity index (χ2n) is 10.9. The molecule has 6 heteroatoms. The van der Waals surface area contributed by atoms with Crippen LogP contribution in [0.5, 0.6) is 0 Å². The molecule has 6 bridgehead atoms. The Labute approximate surface area is 217 Å². The second-order valence-corrected chi connectivity index (χ2v) is 10.9. The minimum Gasteiger partial charge on any atom is -0.289 e. The number of aromatic nitrogens is 3. The largest absolute Gasteiger partial charge is 0.289 e. The quantitative estimate of drug-likeness (QED) is 0.493. The van der Waals surface area contributed by atoms with Gasteiger partial charge in [0.05, 0.1) is 34.2 Å². The van der Waals surface area contributed by atoms with E-state index in [-0.39, 0.29) is 0 Å². The van der Waals surface area contributed by atoms with Gasteiger partial charge in [-0.2, -0.15) is 0 Å². The predicted octanol–water partition coefficient (Wildman–Crippen LogP) is 5.42. The fourth-order valence-electron chi connectivity index (χ4n) is 4.63. The van der Waals surface area contributed by atoms with Crippen molar-refractivity contribution in [3.8, 4) is 0 Å². The Morgan fingerprint density at radius 1 is 0.417 bits per heavy atom. The van der Waals surface area contributed by atoms with Crippen LogP contribution in [-0.2, 0) is 39.3 Å². The third kappa shape index (κ3) is 7.19. The minimum atomic E-state index is 0.391. The van der Waals surface area contributed by atoms with Gasteiger partial charge in [-0.3, -0.25) is 29.7 Å². The van der Waals surface area contributed by atoms with Gasteiger partial charge in [0.25, 0.3) is 0 Å². The highest BCUT2D eigenvalue weighted by molar-refractivity contribution is 5.16. The molecule has 0 N–H and O–H groups in total. The van der Waals surface area contributed by atoms with Gasteiger partial charge in [0, 0.05) is 57.4 Å². The summed E-state index contributed by atoms with van der Waals surface area (Å²) in [6, 6.07) is 20.5. The van der Waals surface area contributed by atoms with E-state index in [1.54, 1.807) is 0 Å². The van der Waals surface area contributed by atoms with Crippen molar-refractivity contribution in [2.24, 2.45) is 0 Å². The number of hydrogen-bond acceptors (Lipinski definition) is 6. The lowest BCUT2D eigenvalue weighted by molar-refractivity contribution is 0.187. The van der Waals surface area contributed by atoms with E-state index in [9.17, 15) is 0 Å². The zero-order valence-corrected chi connectivity index (χ0v) is 22.9. The molecule has 36 heavy (non-hydrogen) atoms. The van der Waals surface area contributed by atoms with E-state index >= 15 is 0 Å². The SMILES string of the molecule is CC(C)N1Cc2cccc(n2)CN(C(C)C)Cc2cccc(n2)CN(C(C)C)Cc2cccc(n2)C1. The second kappa shape index (κ2) is 12.0. The van der Waals surface area contributed by atoms with Gasteiger partial charge < -0.3 is 0 Å². The highest BCUT2D eigenvalue weighted by atomic mass is 15.2. The molecule has 0 saturated heterocycles. The third-order valence-electron chi connectivity index (χ3n) is 6.97. The summed E-state index contributed by atoms with van der Waals surface area (Å²) in [5.74, 6) is 0. The van der Waals surface area contributed by atoms with Crippen LogP contribution in [0, 0.1) is 0 Å². The van der Waals surface area contributed by atoms with E-state index in [1.807, 2.05) is 0 Å². The molecule has 4 rings (SSSR count). The van der Waals surface area contributed by atoms with Crippen molar-refractivity contribution in [1.82, 2.24) is 29.7 Å². The van der Waals surface area contributed by atoms with E-state index in [4.69, 9.17) is 15.0 Å². The zero-order valence-electron chi connectivity index (χ0n) is 22.9. The molecule has 3 aromatic rings. The molecule has 6 nitrogen and oxygen atoms in total. The first-order valence-electron chi connectivity index (χ1n) is 13.3. The summed E-state index contributed by atoms with van der Waals surface area (Å²) in [7, 11) is 0. The molecule has 192 valence electrons. The Kier molecular flexibility index (Phi) is 8.83. The van der Waals surface area contributed by atoms with Gasteiger partial charge in [-0.05, 0) is 77.9 Å². The highest BCUT2D eigenvalue weighted by Gasteiger charge is 2.18. The van der Waals surface area contributed by atoms with Gasteiger partial charge in [-0.15, -0.1) is 0 Å². The molecule has 0 aromatic carbocycles. The van der Waals surface area contributed by atoms with Crippen LogP contribution in [0.4, 0.5) is 0 Å². The summed E-state index contributed by atoms with van der Waals surface area (Å²) in [5, 5.41) is 0. The van der Waals surface area contributed by atoms with Gasteiger partial charge in [0.2, 0.25) is 0 Å². The van der Waals surface area contributed by atoms with E-state index in [0.29, 0.717) is 18.1 Å². The van der Waals surface area contributed by atoms with Crippen LogP contribution >= 0.6 is 0 Å². The molecule has 1 aliphatic rings. The topological polar surface area (TPSA) is 48.4 Å². The third-order valence-corrected chi connectivity index (χ3v) is 6.97. The van der Waals surface area contributed by atoms with Crippen molar-refractivity contribution in [2.45, 2.75) is 98.9 Å². The number of fused-ring (bicyclic) bond motifs is 6. The average molecular weight is 487 g/mol. The van der Waals surface area contributed by atoms with E-state index < -0.39 is 0 Å². The molecule has 0 amide bonds. The number of hydrogen-bond donors (Lipinski definition) is 0. The maximum absolute atomic E-state index is 5.06. The lowest BCUT2D eigenvalue weighted by Gasteiger charge is -2.29. The Bertz CT molecular complexity index is 920. The standard InChI is InChI=1S/C30H42N6/c1-22(2)34-16-25-10-7-12-27(31-25)18-35(23(3)4)20-29-14-9-15-30(33-29)21-36(24(5)6)19-28-13-8-11-26(17-34)32-28/h7-15,22-24H,16-21H2,1-6H3. The lowest BCUT2D eigenvalue weighted by Crippen LogP contribution is -2.33. The first kappa shape index (κ1) is 26.4. The van der Waals surface area contributed by atoms with Gasteiger partial charge in [0.15, 0.2) is 0 Å². The fourth-order valence-corrected chi connectivity index (χ4v) is 4.63. The molecule has 0 saturated carbocycles. The highest BCUT2D eigenvalue weighted by Crippen LogP contribution is 2.18. The maximum atomic E-state index is 5.06. The van der Waals surface area contributed by atoms with Gasteiger partial charge >= 0.3 is 0 Å². The monoisotopic (exact) mass is 486 g/mol. The molecule has 0 spiro atoms. The Morgan fingerprint density at radius 3 is 0.778 bits per heavy atom. The van der Waals surface area contributed by atoms with Crippen molar-refractivity contribution in [3.63, 3.8) is 0 Å². The van der Waals surface area contributed by atoms with Gasteiger partial charge in [-0.25, -0.2) is 0 Å². The van der Waals surface area contributed by atoms with Crippen LogP contribution in [0.15, 0.2) is 54.6 Å². The van der Waals surface area contributed by atoms with Crippen molar-refractivity contribution < 1.29 is 0 Å². The predicted molar refractivity (Wildman–Crippen MR) is 146 cm³/mol. The van der Waals surface area contributed by atoms with E-state index in [1.165, 1.54) is 0 Å². The molecular weight excluding hydrogens is 444 g/mol. The fraction of sp³-hybridized carbons (Fsp3) is 0.500. The number of rotatable bonds is 3. The molecular formula is C30H42N6. The lowest BCUT2D eigenvalue weighted by atomic mass is 10.2. The molecule has 0 aliphatic carbocycles. The molecule has 4 heterocycles. The summed E-state index contributed by atoms with van der Waals surface area (Å²) in [4.78, 5) is 22.5. The maximum Gasteiger partial charge on any atom is 0.0548 e. The van der Waals surface area contributed by atoms with Crippen LogP contribution < -0.4 is 0 Å². The van der Waals surface area contributed by atoms with Crippen molar-refractivity contribution in [2.75, 3.05) is 0 Å². The van der Waals surface area contributed by atoms with Crippen molar-refractivity contribution in [1.29, 1.82) is 0 Å². The first-order chi connectivity index (χ1) is 17.3. The smallest absolute Gasteiger partial charge is 0.0548 e. The number of pyridine rings is 3. The average Bonchev–Trinajstić information content (AvgIpc) is 2.83. The Morgan fingerprint density at radius 2 is 0.611 bits per heavy atom. The molecule has 0 fully saturated rings. The summed E-state index contributed by atoms with van der Waals surface area (Å²) < 4.78 is 0. The van der Waals surface area contributed by atoms with E-state index in [2.05, 4.69) is 111 Å². The molecule has 0 radical (unpaired) electrons. The Balaban J connectivity index is 1.73. The van der Waals surface area contributed by atoms with Crippen molar-refractivity contribution in [3.05, 3.63) is 88.8 Å². The van der Waals surface area contributed by atoms with Crippen LogP contribution in [0.3, 0.4) is 0 Å².